The maximum atomic E-state index is 11.0. The van der Waals surface area contributed by atoms with Gasteiger partial charge < -0.3 is 9.84 Å². The Balaban J connectivity index is 3.10. The Morgan fingerprint density at radius 1 is 1.37 bits per heavy atom. The summed E-state index contributed by atoms with van der Waals surface area (Å²) in [5.41, 5.74) is -0.177. The maximum absolute atomic E-state index is 11.0. The number of rotatable bonds is 5. The van der Waals surface area contributed by atoms with Crippen LogP contribution in [0.5, 0.6) is 0 Å². The second-order valence-corrected chi connectivity index (χ2v) is 3.67. The Bertz CT molecular complexity index is 534. The molecule has 0 heterocycles. The summed E-state index contributed by atoms with van der Waals surface area (Å²) < 4.78 is 4.87. The second kappa shape index (κ2) is 5.76. The van der Waals surface area contributed by atoms with Crippen molar-refractivity contribution in [3.8, 4) is 0 Å². The van der Waals surface area contributed by atoms with Crippen LogP contribution in [-0.2, 0) is 14.3 Å². The van der Waals surface area contributed by atoms with Crippen molar-refractivity contribution in [3.63, 3.8) is 0 Å². The molecule has 7 heteroatoms. The largest absolute Gasteiger partial charge is 0.478 e. The van der Waals surface area contributed by atoms with Crippen LogP contribution in [0.25, 0.3) is 0 Å². The van der Waals surface area contributed by atoms with Gasteiger partial charge in [-0.3, -0.25) is 14.9 Å². The predicted octanol–water partition coefficient (Wildman–Crippen LogP) is 1.84. The van der Waals surface area contributed by atoms with Crippen LogP contribution in [0.1, 0.15) is 18.6 Å². The summed E-state index contributed by atoms with van der Waals surface area (Å²) in [5, 5.41) is 19.4. The zero-order valence-electron chi connectivity index (χ0n) is 10.0. The third-order valence-electron chi connectivity index (χ3n) is 2.28. The molecule has 19 heavy (non-hydrogen) atoms. The van der Waals surface area contributed by atoms with Crippen molar-refractivity contribution >= 4 is 17.6 Å². The van der Waals surface area contributed by atoms with Crippen LogP contribution < -0.4 is 0 Å². The minimum Gasteiger partial charge on any atom is -0.478 e. The number of carbonyl (C=O) groups is 2. The number of carboxylic acids is 1. The van der Waals surface area contributed by atoms with Gasteiger partial charge in [-0.15, -0.1) is 0 Å². The van der Waals surface area contributed by atoms with Gasteiger partial charge in [0.15, 0.2) is 6.10 Å². The number of esters is 1. The number of nitro benzene ring substituents is 1. The van der Waals surface area contributed by atoms with E-state index >= 15 is 0 Å². The maximum Gasteiger partial charge on any atom is 0.335 e. The predicted molar refractivity (Wildman–Crippen MR) is 64.4 cm³/mol. The first-order chi connectivity index (χ1) is 8.82. The van der Waals surface area contributed by atoms with Gasteiger partial charge in [-0.1, -0.05) is 6.58 Å². The summed E-state index contributed by atoms with van der Waals surface area (Å²) in [4.78, 5) is 31.8. The number of ether oxygens (including phenoxy) is 1. The quantitative estimate of drug-likeness (QED) is 0.376. The summed E-state index contributed by atoms with van der Waals surface area (Å²) >= 11 is 0. The fourth-order valence-electron chi connectivity index (χ4n) is 1.39. The number of nitro groups is 1. The van der Waals surface area contributed by atoms with Gasteiger partial charge in [0.1, 0.15) is 0 Å². The molecule has 0 amide bonds. The highest BCUT2D eigenvalue weighted by molar-refractivity contribution is 5.87. The average Bonchev–Trinajstić information content (AvgIpc) is 2.35. The molecule has 0 bridgehead atoms. The zero-order valence-corrected chi connectivity index (χ0v) is 10.0. The van der Waals surface area contributed by atoms with E-state index < -0.39 is 23.0 Å². The van der Waals surface area contributed by atoms with E-state index in [4.69, 9.17) is 9.84 Å². The molecule has 0 saturated heterocycles. The van der Waals surface area contributed by atoms with Crippen molar-refractivity contribution in [3.05, 3.63) is 52.1 Å². The van der Waals surface area contributed by atoms with Crippen LogP contribution in [-0.4, -0.2) is 22.0 Å². The van der Waals surface area contributed by atoms with E-state index in [2.05, 4.69) is 6.58 Å². The van der Waals surface area contributed by atoms with Crippen molar-refractivity contribution in [1.82, 2.24) is 0 Å². The highest BCUT2D eigenvalue weighted by atomic mass is 16.6. The van der Waals surface area contributed by atoms with E-state index in [1.807, 2.05) is 0 Å². The molecule has 1 unspecified atom stereocenters. The number of benzene rings is 1. The molecule has 0 aliphatic rings. The van der Waals surface area contributed by atoms with Gasteiger partial charge in [0.05, 0.1) is 10.5 Å². The normalized spacial score (nSPS) is 11.4. The van der Waals surface area contributed by atoms with Crippen molar-refractivity contribution in [2.75, 3.05) is 0 Å². The molecule has 1 aromatic carbocycles. The van der Waals surface area contributed by atoms with Gasteiger partial charge in [0, 0.05) is 19.1 Å². The van der Waals surface area contributed by atoms with Gasteiger partial charge in [0.2, 0.25) is 0 Å². The smallest absolute Gasteiger partial charge is 0.335 e. The first-order valence-electron chi connectivity index (χ1n) is 5.16. The number of nitrogens with zero attached hydrogens (tertiary/aromatic N) is 1. The van der Waals surface area contributed by atoms with Gasteiger partial charge in [-0.2, -0.15) is 0 Å². The molecule has 0 aliphatic heterocycles. The summed E-state index contributed by atoms with van der Waals surface area (Å²) in [6.45, 7) is 4.46. The number of carboxylic acid groups (broad SMARTS) is 1. The first-order valence-corrected chi connectivity index (χ1v) is 5.16. The van der Waals surface area contributed by atoms with Crippen LogP contribution in [0.15, 0.2) is 36.4 Å². The lowest BCUT2D eigenvalue weighted by molar-refractivity contribution is -0.384. The summed E-state index contributed by atoms with van der Waals surface area (Å²) in [6, 6.07) is 5.03. The molecule has 0 radical (unpaired) electrons. The number of non-ortho nitro benzene ring substituents is 1. The van der Waals surface area contributed by atoms with Crippen LogP contribution in [0, 0.1) is 10.1 Å². The van der Waals surface area contributed by atoms with Gasteiger partial charge in [0.25, 0.3) is 5.69 Å². The van der Waals surface area contributed by atoms with E-state index in [9.17, 15) is 19.7 Å². The Kier molecular flexibility index (Phi) is 4.36. The van der Waals surface area contributed by atoms with Gasteiger partial charge in [-0.05, 0) is 17.7 Å². The summed E-state index contributed by atoms with van der Waals surface area (Å²) in [6.07, 6.45) is -1.17. The van der Waals surface area contributed by atoms with Gasteiger partial charge in [-0.25, -0.2) is 4.79 Å². The minimum absolute atomic E-state index is 0.147. The molecule has 0 spiro atoms. The van der Waals surface area contributed by atoms with Crippen LogP contribution in [0.3, 0.4) is 0 Å². The number of aliphatic carboxylic acids is 1. The van der Waals surface area contributed by atoms with Crippen LogP contribution in [0.4, 0.5) is 5.69 Å². The Morgan fingerprint density at radius 3 is 2.26 bits per heavy atom. The Labute approximate surface area is 108 Å². The van der Waals surface area contributed by atoms with Crippen molar-refractivity contribution < 1.29 is 24.4 Å². The summed E-state index contributed by atoms with van der Waals surface area (Å²) in [7, 11) is 0. The highest BCUT2D eigenvalue weighted by Gasteiger charge is 2.24. The van der Waals surface area contributed by atoms with Crippen molar-refractivity contribution in [2.24, 2.45) is 0 Å². The molecule has 0 fully saturated rings. The lowest BCUT2D eigenvalue weighted by Crippen LogP contribution is -2.16. The molecule has 100 valence electrons. The molecule has 0 aliphatic carbocycles. The number of hydrogen-bond donors (Lipinski definition) is 1. The molecular formula is C12H11NO6. The second-order valence-electron chi connectivity index (χ2n) is 3.67. The zero-order chi connectivity index (χ0) is 14.6. The molecule has 1 aromatic rings. The minimum atomic E-state index is -1.32. The van der Waals surface area contributed by atoms with Crippen LogP contribution in [0.2, 0.25) is 0 Å². The molecule has 1 N–H and O–H groups in total. The van der Waals surface area contributed by atoms with E-state index in [1.165, 1.54) is 24.3 Å². The standard InChI is InChI=1S/C12H11NO6/c1-7(12(15)16)11(19-8(2)14)9-3-5-10(6-4-9)13(17)18/h3-6,11H,1H2,2H3,(H,15,16). The van der Waals surface area contributed by atoms with E-state index in [1.54, 1.807) is 0 Å². The molecular weight excluding hydrogens is 254 g/mol. The topological polar surface area (TPSA) is 107 Å². The van der Waals surface area contributed by atoms with Crippen LogP contribution >= 0.6 is 0 Å². The van der Waals surface area contributed by atoms with E-state index in [0.29, 0.717) is 5.56 Å². The fraction of sp³-hybridized carbons (Fsp3) is 0.167. The molecule has 0 saturated carbocycles. The number of carbonyl (C=O) groups excluding carboxylic acids is 1. The monoisotopic (exact) mass is 265 g/mol. The van der Waals surface area contributed by atoms with Crippen molar-refractivity contribution in [1.29, 1.82) is 0 Å². The third kappa shape index (κ3) is 3.63. The third-order valence-corrected chi connectivity index (χ3v) is 2.28. The molecule has 1 atom stereocenters. The molecule has 0 aromatic heterocycles. The van der Waals surface area contributed by atoms with Gasteiger partial charge >= 0.3 is 11.9 Å². The summed E-state index contributed by atoms with van der Waals surface area (Å²) in [5.74, 6) is -1.99. The average molecular weight is 265 g/mol. The first kappa shape index (κ1) is 14.4. The number of hydrogen-bond acceptors (Lipinski definition) is 5. The van der Waals surface area contributed by atoms with Crippen molar-refractivity contribution in [2.45, 2.75) is 13.0 Å². The lowest BCUT2D eigenvalue weighted by Gasteiger charge is -2.17. The molecule has 7 nitrogen and oxygen atoms in total. The highest BCUT2D eigenvalue weighted by Crippen LogP contribution is 2.26. The Morgan fingerprint density at radius 2 is 1.89 bits per heavy atom. The van der Waals surface area contributed by atoms with E-state index in [-0.39, 0.29) is 11.3 Å². The molecule has 1 rings (SSSR count). The lowest BCUT2D eigenvalue weighted by atomic mass is 10.0. The van der Waals surface area contributed by atoms with E-state index in [0.717, 1.165) is 6.92 Å². The fourth-order valence-corrected chi connectivity index (χ4v) is 1.39. The SMILES string of the molecule is C=C(C(=O)O)C(OC(C)=O)c1ccc([N+](=O)[O-])cc1. The Hall–Kier alpha value is -2.70.